The van der Waals surface area contributed by atoms with Gasteiger partial charge in [0.15, 0.2) is 5.96 Å². The number of nitrogens with two attached hydrogens (primary N) is 1. The molecule has 0 radical (unpaired) electrons. The van der Waals surface area contributed by atoms with Crippen molar-refractivity contribution < 1.29 is 9.47 Å². The van der Waals surface area contributed by atoms with E-state index in [9.17, 15) is 0 Å². The van der Waals surface area contributed by atoms with Crippen molar-refractivity contribution in [1.29, 1.82) is 0 Å². The first-order chi connectivity index (χ1) is 11.2. The number of para-hydroxylation sites is 1. The van der Waals surface area contributed by atoms with Gasteiger partial charge in [0.25, 0.3) is 0 Å². The third-order valence-corrected chi connectivity index (χ3v) is 6.06. The second-order valence-electron chi connectivity index (χ2n) is 6.07. The van der Waals surface area contributed by atoms with Gasteiger partial charge in [-0.1, -0.05) is 18.2 Å². The third-order valence-electron chi connectivity index (χ3n) is 4.66. The van der Waals surface area contributed by atoms with Crippen LogP contribution in [0.2, 0.25) is 0 Å². The largest absolute Gasteiger partial charge is 0.493 e. The van der Waals surface area contributed by atoms with E-state index >= 15 is 0 Å². The van der Waals surface area contributed by atoms with Crippen LogP contribution in [0.15, 0.2) is 29.3 Å². The van der Waals surface area contributed by atoms with Crippen LogP contribution in [0.25, 0.3) is 0 Å². The molecule has 1 unspecified atom stereocenters. The predicted molar refractivity (Wildman–Crippen MR) is 111 cm³/mol. The average Bonchev–Trinajstić information content (AvgIpc) is 2.61. The summed E-state index contributed by atoms with van der Waals surface area (Å²) in [5.41, 5.74) is 7.31. The van der Waals surface area contributed by atoms with Crippen LogP contribution in [0.3, 0.4) is 0 Å². The zero-order chi connectivity index (χ0) is 16.1. The third kappa shape index (κ3) is 4.70. The maximum absolute atomic E-state index is 6.15. The minimum Gasteiger partial charge on any atom is -0.493 e. The Kier molecular flexibility index (Phi) is 7.49. The van der Waals surface area contributed by atoms with E-state index in [2.05, 4.69) is 22.6 Å². The Morgan fingerprint density at radius 1 is 1.33 bits per heavy atom. The smallest absolute Gasteiger partial charge is 0.189 e. The molecule has 2 aliphatic rings. The van der Waals surface area contributed by atoms with Crippen molar-refractivity contribution in [3.8, 4) is 5.75 Å². The topological polar surface area (TPSA) is 68.9 Å². The Morgan fingerprint density at radius 2 is 2.08 bits per heavy atom. The van der Waals surface area contributed by atoms with Gasteiger partial charge in [0.1, 0.15) is 5.75 Å². The summed E-state index contributed by atoms with van der Waals surface area (Å²) in [6.07, 6.45) is 5.12. The van der Waals surface area contributed by atoms with Gasteiger partial charge in [0.2, 0.25) is 0 Å². The molecule has 2 heterocycles. The van der Waals surface area contributed by atoms with E-state index in [1.165, 1.54) is 0 Å². The van der Waals surface area contributed by atoms with Crippen molar-refractivity contribution in [3.05, 3.63) is 29.8 Å². The summed E-state index contributed by atoms with van der Waals surface area (Å²) in [6, 6.07) is 8.28. The molecule has 1 atom stereocenters. The van der Waals surface area contributed by atoms with E-state index in [1.807, 2.05) is 30.0 Å². The number of hydrogen-bond acceptors (Lipinski definition) is 4. The molecule has 0 amide bonds. The minimum atomic E-state index is 0. The fourth-order valence-electron chi connectivity index (χ4n) is 3.12. The number of fused-ring (bicyclic) bond motifs is 1. The van der Waals surface area contributed by atoms with Crippen LogP contribution in [0, 0.1) is 0 Å². The van der Waals surface area contributed by atoms with E-state index in [1.54, 1.807) is 0 Å². The second-order valence-corrected chi connectivity index (χ2v) is 7.35. The van der Waals surface area contributed by atoms with Gasteiger partial charge in [0, 0.05) is 29.9 Å². The van der Waals surface area contributed by atoms with Gasteiger partial charge in [-0.2, -0.15) is 11.8 Å². The SMILES string of the molecule is CSC1(CN=C(N)NC2CCOc3ccccc32)CCOCC1.I. The molecule has 2 aliphatic heterocycles. The Labute approximate surface area is 165 Å². The lowest BCUT2D eigenvalue weighted by Gasteiger charge is -2.34. The summed E-state index contributed by atoms with van der Waals surface area (Å²) in [7, 11) is 0. The molecule has 1 fully saturated rings. The molecule has 0 saturated carbocycles. The Morgan fingerprint density at radius 3 is 2.83 bits per heavy atom. The highest BCUT2D eigenvalue weighted by atomic mass is 127. The summed E-state index contributed by atoms with van der Waals surface area (Å²) in [5.74, 6) is 1.46. The van der Waals surface area contributed by atoms with E-state index in [-0.39, 0.29) is 34.8 Å². The van der Waals surface area contributed by atoms with Gasteiger partial charge in [-0.25, -0.2) is 0 Å². The van der Waals surface area contributed by atoms with Gasteiger partial charge in [0.05, 0.1) is 19.2 Å². The molecule has 0 aliphatic carbocycles. The first kappa shape index (κ1) is 19.7. The normalized spacial score (nSPS) is 22.7. The Hall–Kier alpha value is -0.670. The highest BCUT2D eigenvalue weighted by molar-refractivity contribution is 14.0. The standard InChI is InChI=1S/C17H25N3O2S.HI/c1-23-17(7-10-21-11-8-17)12-19-16(18)20-14-6-9-22-15-5-3-2-4-13(14)15;/h2-5,14H,6-12H2,1H3,(H3,18,19,20);1H. The quantitative estimate of drug-likeness (QED) is 0.408. The number of benzene rings is 1. The van der Waals surface area contributed by atoms with Crippen LogP contribution in [0.1, 0.15) is 30.9 Å². The second kappa shape index (κ2) is 9.15. The molecule has 1 aromatic rings. The number of rotatable bonds is 4. The summed E-state index contributed by atoms with van der Waals surface area (Å²) in [4.78, 5) is 4.62. The number of hydrogen-bond donors (Lipinski definition) is 2. The molecule has 1 saturated heterocycles. The lowest BCUT2D eigenvalue weighted by atomic mass is 9.99. The maximum Gasteiger partial charge on any atom is 0.189 e. The van der Waals surface area contributed by atoms with Gasteiger partial charge < -0.3 is 20.5 Å². The Balaban J connectivity index is 0.00000208. The van der Waals surface area contributed by atoms with Crippen LogP contribution < -0.4 is 15.8 Å². The molecule has 0 spiro atoms. The van der Waals surface area contributed by atoms with Crippen molar-refractivity contribution >= 4 is 41.7 Å². The zero-order valence-corrected chi connectivity index (χ0v) is 17.1. The molecule has 3 rings (SSSR count). The predicted octanol–water partition coefficient (Wildman–Crippen LogP) is 2.94. The lowest BCUT2D eigenvalue weighted by molar-refractivity contribution is 0.0794. The van der Waals surface area contributed by atoms with Crippen molar-refractivity contribution in [2.45, 2.75) is 30.1 Å². The summed E-state index contributed by atoms with van der Waals surface area (Å²) < 4.78 is 11.3. The number of halogens is 1. The molecule has 3 N–H and O–H groups in total. The molecule has 7 heteroatoms. The highest BCUT2D eigenvalue weighted by Gasteiger charge is 2.31. The van der Waals surface area contributed by atoms with Crippen LogP contribution in [-0.4, -0.2) is 43.3 Å². The lowest BCUT2D eigenvalue weighted by Crippen LogP contribution is -2.40. The van der Waals surface area contributed by atoms with Crippen molar-refractivity contribution in [1.82, 2.24) is 5.32 Å². The van der Waals surface area contributed by atoms with Gasteiger partial charge in [-0.3, -0.25) is 4.99 Å². The molecule has 134 valence electrons. The molecule has 5 nitrogen and oxygen atoms in total. The van der Waals surface area contributed by atoms with Crippen LogP contribution in [0.5, 0.6) is 5.75 Å². The number of guanidine groups is 1. The fourth-order valence-corrected chi connectivity index (χ4v) is 3.88. The highest BCUT2D eigenvalue weighted by Crippen LogP contribution is 2.34. The maximum atomic E-state index is 6.15. The molecule has 0 aromatic heterocycles. The van der Waals surface area contributed by atoms with Crippen LogP contribution in [-0.2, 0) is 4.74 Å². The van der Waals surface area contributed by atoms with E-state index in [0.717, 1.165) is 50.3 Å². The summed E-state index contributed by atoms with van der Waals surface area (Å²) in [5, 5.41) is 3.36. The average molecular weight is 463 g/mol. The van der Waals surface area contributed by atoms with Gasteiger partial charge >= 0.3 is 0 Å². The number of nitrogens with zero attached hydrogens (tertiary/aromatic N) is 1. The van der Waals surface area contributed by atoms with Crippen LogP contribution in [0.4, 0.5) is 0 Å². The van der Waals surface area contributed by atoms with E-state index in [0.29, 0.717) is 12.6 Å². The number of thioether (sulfide) groups is 1. The molecular formula is C17H26IN3O2S. The fraction of sp³-hybridized carbons (Fsp3) is 0.588. The minimum absolute atomic E-state index is 0. The van der Waals surface area contributed by atoms with Crippen molar-refractivity contribution in [3.63, 3.8) is 0 Å². The first-order valence-electron chi connectivity index (χ1n) is 8.13. The van der Waals surface area contributed by atoms with Crippen molar-refractivity contribution in [2.24, 2.45) is 10.7 Å². The molecule has 0 bridgehead atoms. The summed E-state index contributed by atoms with van der Waals surface area (Å²) >= 11 is 1.88. The van der Waals surface area contributed by atoms with Gasteiger partial charge in [-0.15, -0.1) is 24.0 Å². The van der Waals surface area contributed by atoms with E-state index in [4.69, 9.17) is 15.2 Å². The molecule has 24 heavy (non-hydrogen) atoms. The number of aliphatic imine (C=N–C) groups is 1. The summed E-state index contributed by atoms with van der Waals surface area (Å²) in [6.45, 7) is 3.07. The number of ether oxygens (including phenoxy) is 2. The monoisotopic (exact) mass is 463 g/mol. The zero-order valence-electron chi connectivity index (χ0n) is 14.0. The van der Waals surface area contributed by atoms with E-state index < -0.39 is 0 Å². The molecular weight excluding hydrogens is 437 g/mol. The molecule has 1 aromatic carbocycles. The Bertz CT molecular complexity index is 565. The van der Waals surface area contributed by atoms with Crippen LogP contribution >= 0.6 is 35.7 Å². The number of nitrogens with one attached hydrogen (secondary N) is 1. The van der Waals surface area contributed by atoms with Crippen molar-refractivity contribution in [2.75, 3.05) is 32.6 Å². The van der Waals surface area contributed by atoms with Gasteiger partial charge in [-0.05, 0) is 25.2 Å². The first-order valence-corrected chi connectivity index (χ1v) is 9.36.